The Bertz CT molecular complexity index is 1130. The maximum absolute atomic E-state index is 12.9. The van der Waals surface area contributed by atoms with Gasteiger partial charge in [-0.15, -0.1) is 0 Å². The summed E-state index contributed by atoms with van der Waals surface area (Å²) in [6, 6.07) is 7.84. The molecule has 0 aliphatic carbocycles. The molecule has 29 heavy (non-hydrogen) atoms. The average Bonchev–Trinajstić information content (AvgIpc) is 2.74. The molecule has 0 saturated carbocycles. The topological polar surface area (TPSA) is 94.4 Å². The van der Waals surface area contributed by atoms with Crippen molar-refractivity contribution in [3.63, 3.8) is 0 Å². The van der Waals surface area contributed by atoms with E-state index in [4.69, 9.17) is 46.4 Å². The first-order valence-electron chi connectivity index (χ1n) is 8.17. The van der Waals surface area contributed by atoms with Crippen LogP contribution in [0.1, 0.15) is 16.1 Å². The van der Waals surface area contributed by atoms with Gasteiger partial charge in [0.25, 0.3) is 5.91 Å². The quantitative estimate of drug-likeness (QED) is 0.607. The Morgan fingerprint density at radius 2 is 1.62 bits per heavy atom. The van der Waals surface area contributed by atoms with E-state index in [1.807, 2.05) is 6.07 Å². The third-order valence-corrected chi connectivity index (χ3v) is 7.97. The smallest absolute Gasteiger partial charge is 0.274 e. The number of pyridine rings is 1. The normalized spacial score (nSPS) is 15.2. The van der Waals surface area contributed by atoms with E-state index in [1.165, 1.54) is 21.3 Å². The number of sulfonamides is 1. The molecule has 0 spiro atoms. The number of nitriles is 1. The van der Waals surface area contributed by atoms with Crippen molar-refractivity contribution in [2.45, 2.75) is 4.90 Å². The van der Waals surface area contributed by atoms with Crippen LogP contribution in [0.2, 0.25) is 20.2 Å². The van der Waals surface area contributed by atoms with Gasteiger partial charge in [-0.25, -0.2) is 13.4 Å². The van der Waals surface area contributed by atoms with Crippen LogP contribution in [0.15, 0.2) is 29.2 Å². The predicted molar refractivity (Wildman–Crippen MR) is 110 cm³/mol. The number of benzene rings is 1. The first-order chi connectivity index (χ1) is 13.7. The van der Waals surface area contributed by atoms with Gasteiger partial charge in [0, 0.05) is 26.2 Å². The lowest BCUT2D eigenvalue weighted by molar-refractivity contribution is 0.0692. The lowest BCUT2D eigenvalue weighted by Crippen LogP contribution is -2.50. The van der Waals surface area contributed by atoms with Gasteiger partial charge < -0.3 is 4.90 Å². The van der Waals surface area contributed by atoms with Gasteiger partial charge in [0.15, 0.2) is 0 Å². The maximum atomic E-state index is 12.9. The second-order valence-corrected chi connectivity index (χ2v) is 9.40. The third-order valence-electron chi connectivity index (χ3n) is 4.34. The second-order valence-electron chi connectivity index (χ2n) is 6.00. The number of carbonyl (C=O) groups excluding carboxylic acids is 1. The van der Waals surface area contributed by atoms with Crippen molar-refractivity contribution < 1.29 is 13.2 Å². The number of halogens is 4. The average molecular weight is 494 g/mol. The molecule has 0 radical (unpaired) electrons. The van der Waals surface area contributed by atoms with Crippen LogP contribution in [0.25, 0.3) is 0 Å². The fourth-order valence-electron chi connectivity index (χ4n) is 2.83. The zero-order valence-corrected chi connectivity index (χ0v) is 18.4. The van der Waals surface area contributed by atoms with Gasteiger partial charge in [-0.2, -0.15) is 9.57 Å². The van der Waals surface area contributed by atoms with E-state index < -0.39 is 15.9 Å². The molecule has 0 unspecified atom stereocenters. The predicted octanol–water partition coefficient (Wildman–Crippen LogP) is 3.71. The summed E-state index contributed by atoms with van der Waals surface area (Å²) in [5.74, 6) is -0.537. The lowest BCUT2D eigenvalue weighted by Gasteiger charge is -2.34. The molecule has 3 rings (SSSR count). The summed E-state index contributed by atoms with van der Waals surface area (Å²) in [7, 11) is -3.87. The minimum atomic E-state index is -3.87. The minimum Gasteiger partial charge on any atom is -0.335 e. The lowest BCUT2D eigenvalue weighted by atomic mass is 10.2. The Balaban J connectivity index is 1.79. The van der Waals surface area contributed by atoms with Crippen molar-refractivity contribution in [1.29, 1.82) is 5.26 Å². The first kappa shape index (κ1) is 22.1. The molecule has 0 atom stereocenters. The summed E-state index contributed by atoms with van der Waals surface area (Å²) in [6.45, 7) is 0.284. The summed E-state index contributed by atoms with van der Waals surface area (Å²) in [5.41, 5.74) is -0.0929. The van der Waals surface area contributed by atoms with Crippen molar-refractivity contribution in [3.8, 4) is 6.07 Å². The summed E-state index contributed by atoms with van der Waals surface area (Å²) in [5, 5.41) is 8.77. The molecule has 12 heteroatoms. The van der Waals surface area contributed by atoms with E-state index in [9.17, 15) is 18.5 Å². The van der Waals surface area contributed by atoms with E-state index in [-0.39, 0.29) is 62.6 Å². The number of piperazine rings is 1. The van der Waals surface area contributed by atoms with E-state index in [2.05, 4.69) is 4.98 Å². The molecule has 1 aromatic heterocycles. The van der Waals surface area contributed by atoms with Gasteiger partial charge >= 0.3 is 0 Å². The molecule has 2 heterocycles. The maximum Gasteiger partial charge on any atom is 0.274 e. The van der Waals surface area contributed by atoms with Crippen molar-refractivity contribution in [1.82, 2.24) is 14.2 Å². The highest BCUT2D eigenvalue weighted by Crippen LogP contribution is 2.36. The second kappa shape index (κ2) is 8.64. The molecule has 1 amide bonds. The Morgan fingerprint density at radius 3 is 2.24 bits per heavy atom. The molecule has 0 bridgehead atoms. The van der Waals surface area contributed by atoms with E-state index in [0.29, 0.717) is 0 Å². The van der Waals surface area contributed by atoms with Gasteiger partial charge in [0.05, 0.1) is 25.5 Å². The summed E-state index contributed by atoms with van der Waals surface area (Å²) in [4.78, 5) is 18.0. The molecule has 152 valence electrons. The van der Waals surface area contributed by atoms with Gasteiger partial charge in [0.1, 0.15) is 16.9 Å². The Labute approximate surface area is 187 Å². The van der Waals surface area contributed by atoms with Crippen molar-refractivity contribution >= 4 is 62.3 Å². The van der Waals surface area contributed by atoms with E-state index >= 15 is 0 Å². The number of aromatic nitrogens is 1. The van der Waals surface area contributed by atoms with Crippen LogP contribution in [0.4, 0.5) is 0 Å². The van der Waals surface area contributed by atoms with Gasteiger partial charge in [-0.05, 0) is 12.1 Å². The first-order valence-corrected chi connectivity index (χ1v) is 11.1. The third kappa shape index (κ3) is 4.17. The van der Waals surface area contributed by atoms with Crippen LogP contribution in [-0.2, 0) is 10.0 Å². The summed E-state index contributed by atoms with van der Waals surface area (Å²) < 4.78 is 27.0. The fourth-order valence-corrected chi connectivity index (χ4v) is 5.21. The van der Waals surface area contributed by atoms with Crippen LogP contribution in [0, 0.1) is 11.3 Å². The molecule has 1 fully saturated rings. The van der Waals surface area contributed by atoms with Crippen LogP contribution in [0.3, 0.4) is 0 Å². The van der Waals surface area contributed by atoms with Gasteiger partial charge in [-0.3, -0.25) is 4.79 Å². The summed E-state index contributed by atoms with van der Waals surface area (Å²) >= 11 is 23.8. The number of amides is 1. The number of nitrogens with zero attached hydrogens (tertiary/aromatic N) is 4. The molecule has 0 N–H and O–H groups in total. The Morgan fingerprint density at radius 1 is 1.00 bits per heavy atom. The Kier molecular flexibility index (Phi) is 6.58. The number of rotatable bonds is 3. The molecule has 1 aliphatic rings. The van der Waals surface area contributed by atoms with Crippen molar-refractivity contribution in [3.05, 3.63) is 55.7 Å². The van der Waals surface area contributed by atoms with Gasteiger partial charge in [-0.1, -0.05) is 58.5 Å². The minimum absolute atomic E-state index is 0.0422. The van der Waals surface area contributed by atoms with Crippen LogP contribution in [-0.4, -0.2) is 54.7 Å². The molecule has 1 aliphatic heterocycles. The van der Waals surface area contributed by atoms with E-state index in [0.717, 1.165) is 0 Å². The van der Waals surface area contributed by atoms with Gasteiger partial charge in [0.2, 0.25) is 10.0 Å². The van der Waals surface area contributed by atoms with Crippen LogP contribution < -0.4 is 0 Å². The summed E-state index contributed by atoms with van der Waals surface area (Å²) in [6.07, 6.45) is 0. The number of carbonyl (C=O) groups is 1. The fraction of sp³-hybridized carbons (Fsp3) is 0.235. The molecule has 1 saturated heterocycles. The number of hydrogen-bond donors (Lipinski definition) is 0. The highest BCUT2D eigenvalue weighted by Gasteiger charge is 2.33. The Hall–Kier alpha value is -1.60. The molecular weight excluding hydrogens is 482 g/mol. The van der Waals surface area contributed by atoms with Crippen LogP contribution >= 0.6 is 46.4 Å². The van der Waals surface area contributed by atoms with Crippen molar-refractivity contribution in [2.75, 3.05) is 26.2 Å². The standard InChI is InChI=1S/C17H12Cl4N4O3S/c18-12-13(19)15(23-16(21)14(12)20)17(26)24-5-7-25(8-6-24)29(27,28)11-4-2-1-3-10(11)9-22/h1-4H,5-8H2. The molecular formula is C17H12Cl4N4O3S. The monoisotopic (exact) mass is 492 g/mol. The highest BCUT2D eigenvalue weighted by atomic mass is 35.5. The number of hydrogen-bond acceptors (Lipinski definition) is 5. The molecule has 2 aromatic rings. The zero-order valence-electron chi connectivity index (χ0n) is 14.6. The molecule has 7 nitrogen and oxygen atoms in total. The largest absolute Gasteiger partial charge is 0.335 e. The SMILES string of the molecule is N#Cc1ccccc1S(=O)(=O)N1CCN(C(=O)c2nc(Cl)c(Cl)c(Cl)c2Cl)CC1. The molecule has 1 aromatic carbocycles. The highest BCUT2D eigenvalue weighted by molar-refractivity contribution is 7.89. The van der Waals surface area contributed by atoms with Crippen molar-refractivity contribution in [2.24, 2.45) is 0 Å². The van der Waals surface area contributed by atoms with Crippen LogP contribution in [0.5, 0.6) is 0 Å². The van der Waals surface area contributed by atoms with E-state index in [1.54, 1.807) is 12.1 Å². The zero-order chi connectivity index (χ0) is 21.3.